The van der Waals surface area contributed by atoms with E-state index in [9.17, 15) is 23.5 Å². The third-order valence-corrected chi connectivity index (χ3v) is 4.98. The molecule has 6 nitrogen and oxygen atoms in total. The van der Waals surface area contributed by atoms with Gasteiger partial charge in [0.25, 0.3) is 11.7 Å². The Kier molecular flexibility index (Phi) is 5.21. The van der Waals surface area contributed by atoms with Gasteiger partial charge in [0, 0.05) is 24.0 Å². The number of aliphatic hydroxyl groups excluding tert-OH is 1. The van der Waals surface area contributed by atoms with E-state index in [0.717, 1.165) is 17.0 Å². The number of benzene rings is 2. The number of ketones is 1. The average molecular weight is 422 g/mol. The number of carbonyl (C=O) groups excluding carboxylic acids is 2. The van der Waals surface area contributed by atoms with Gasteiger partial charge in [-0.15, -0.1) is 0 Å². The van der Waals surface area contributed by atoms with Gasteiger partial charge >= 0.3 is 0 Å². The molecule has 1 amide bonds. The van der Waals surface area contributed by atoms with Gasteiger partial charge in [-0.05, 0) is 48.0 Å². The third-order valence-electron chi connectivity index (χ3n) is 4.98. The van der Waals surface area contributed by atoms with Crippen molar-refractivity contribution in [3.05, 3.63) is 95.3 Å². The van der Waals surface area contributed by atoms with Crippen LogP contribution in [0.2, 0.25) is 0 Å². The van der Waals surface area contributed by atoms with Gasteiger partial charge < -0.3 is 9.84 Å². The fourth-order valence-electron chi connectivity index (χ4n) is 3.52. The van der Waals surface area contributed by atoms with E-state index in [1.807, 2.05) is 0 Å². The quantitative estimate of drug-likeness (QED) is 0.391. The normalized spacial score (nSPS) is 17.8. The number of carbonyl (C=O) groups is 2. The van der Waals surface area contributed by atoms with Crippen molar-refractivity contribution in [3.8, 4) is 5.75 Å². The van der Waals surface area contributed by atoms with Crippen molar-refractivity contribution in [2.75, 3.05) is 12.0 Å². The first kappa shape index (κ1) is 20.2. The first-order valence-corrected chi connectivity index (χ1v) is 9.22. The van der Waals surface area contributed by atoms with Gasteiger partial charge in [0.05, 0.1) is 24.4 Å². The molecule has 0 radical (unpaired) electrons. The number of hydrogen-bond donors (Lipinski definition) is 1. The van der Waals surface area contributed by atoms with E-state index < -0.39 is 35.1 Å². The fraction of sp³-hybridized carbons (Fsp3) is 0.0870. The Labute approximate surface area is 176 Å². The lowest BCUT2D eigenvalue weighted by Gasteiger charge is -2.25. The number of pyridine rings is 1. The van der Waals surface area contributed by atoms with Gasteiger partial charge in [-0.3, -0.25) is 19.5 Å². The summed E-state index contributed by atoms with van der Waals surface area (Å²) in [5.74, 6) is -3.77. The summed E-state index contributed by atoms with van der Waals surface area (Å²) in [7, 11) is 1.49. The predicted octanol–water partition coefficient (Wildman–Crippen LogP) is 3.99. The summed E-state index contributed by atoms with van der Waals surface area (Å²) in [5, 5.41) is 10.9. The summed E-state index contributed by atoms with van der Waals surface area (Å²) >= 11 is 0. The highest BCUT2D eigenvalue weighted by Gasteiger charge is 2.47. The van der Waals surface area contributed by atoms with Gasteiger partial charge in [0.2, 0.25) is 0 Å². The molecule has 156 valence electrons. The summed E-state index contributed by atoms with van der Waals surface area (Å²) in [6, 6.07) is 10.9. The topological polar surface area (TPSA) is 79.7 Å². The molecule has 1 N–H and O–H groups in total. The van der Waals surface area contributed by atoms with Crippen LogP contribution in [0.25, 0.3) is 5.76 Å². The zero-order chi connectivity index (χ0) is 22.1. The van der Waals surface area contributed by atoms with E-state index in [4.69, 9.17) is 4.74 Å². The van der Waals surface area contributed by atoms with Crippen molar-refractivity contribution >= 4 is 23.1 Å². The molecular formula is C23H16F2N2O4. The summed E-state index contributed by atoms with van der Waals surface area (Å²) in [4.78, 5) is 30.8. The second-order valence-electron chi connectivity index (χ2n) is 6.78. The lowest BCUT2D eigenvalue weighted by atomic mass is 9.96. The molecule has 0 aliphatic carbocycles. The van der Waals surface area contributed by atoms with Crippen LogP contribution in [0.1, 0.15) is 17.2 Å². The van der Waals surface area contributed by atoms with Crippen LogP contribution in [0, 0.1) is 11.6 Å². The monoisotopic (exact) mass is 422 g/mol. The molecule has 1 aromatic heterocycles. The summed E-state index contributed by atoms with van der Waals surface area (Å²) in [6.45, 7) is 0. The fourth-order valence-corrected chi connectivity index (χ4v) is 3.52. The number of rotatable bonds is 4. The Hall–Kier alpha value is -4.07. The molecule has 1 aliphatic heterocycles. The molecule has 1 saturated heterocycles. The number of aromatic nitrogens is 1. The lowest BCUT2D eigenvalue weighted by molar-refractivity contribution is -0.132. The summed E-state index contributed by atoms with van der Waals surface area (Å²) in [5.41, 5.74) is 0.130. The number of aliphatic hydroxyl groups is 1. The molecule has 0 saturated carbocycles. The van der Waals surface area contributed by atoms with Crippen molar-refractivity contribution in [2.45, 2.75) is 6.04 Å². The average Bonchev–Trinajstić information content (AvgIpc) is 3.04. The van der Waals surface area contributed by atoms with Crippen LogP contribution >= 0.6 is 0 Å². The van der Waals surface area contributed by atoms with Crippen LogP contribution in [0.5, 0.6) is 5.75 Å². The molecule has 2 aromatic carbocycles. The molecular weight excluding hydrogens is 406 g/mol. The van der Waals surface area contributed by atoms with Crippen molar-refractivity contribution in [1.82, 2.24) is 4.98 Å². The Bertz CT molecular complexity index is 1190. The Morgan fingerprint density at radius 2 is 1.84 bits per heavy atom. The van der Waals surface area contributed by atoms with Crippen molar-refractivity contribution < 1.29 is 28.2 Å². The van der Waals surface area contributed by atoms with Crippen LogP contribution < -0.4 is 9.64 Å². The van der Waals surface area contributed by atoms with E-state index >= 15 is 0 Å². The van der Waals surface area contributed by atoms with Crippen LogP contribution in [0.4, 0.5) is 14.5 Å². The molecule has 1 fully saturated rings. The minimum Gasteiger partial charge on any atom is -0.507 e. The van der Waals surface area contributed by atoms with Crippen LogP contribution in [0.3, 0.4) is 0 Å². The number of methoxy groups -OCH3 is 1. The van der Waals surface area contributed by atoms with E-state index in [1.54, 1.807) is 24.3 Å². The van der Waals surface area contributed by atoms with Gasteiger partial charge in [-0.2, -0.15) is 0 Å². The van der Waals surface area contributed by atoms with Gasteiger partial charge in [0.15, 0.2) is 0 Å². The Balaban J connectivity index is 1.93. The zero-order valence-electron chi connectivity index (χ0n) is 16.3. The number of halogens is 2. The zero-order valence-corrected chi connectivity index (χ0v) is 16.3. The maximum atomic E-state index is 14.6. The van der Waals surface area contributed by atoms with E-state index in [0.29, 0.717) is 17.4 Å². The largest absolute Gasteiger partial charge is 0.507 e. The highest BCUT2D eigenvalue weighted by Crippen LogP contribution is 2.42. The first-order valence-electron chi connectivity index (χ1n) is 9.22. The number of nitrogens with zero attached hydrogens (tertiary/aromatic N) is 2. The van der Waals surface area contributed by atoms with Crippen molar-refractivity contribution in [2.24, 2.45) is 0 Å². The number of hydrogen-bond acceptors (Lipinski definition) is 5. The second kappa shape index (κ2) is 7.98. The van der Waals surface area contributed by atoms with Crippen LogP contribution in [-0.2, 0) is 9.59 Å². The number of ether oxygens (including phenoxy) is 1. The standard InChI is InChI=1S/C23H16F2N2O4/c1-31-16-7-4-13(5-8-16)21(28)19-20(14-3-2-10-26-12-14)27(23(30)22(19)29)18-9-6-15(24)11-17(18)25/h2-12,20,28H,1H3/b21-19+. The smallest absolute Gasteiger partial charge is 0.300 e. The molecule has 31 heavy (non-hydrogen) atoms. The number of anilines is 1. The molecule has 1 unspecified atom stereocenters. The molecule has 4 rings (SSSR count). The minimum atomic E-state index is -1.16. The van der Waals surface area contributed by atoms with Gasteiger partial charge in [-0.1, -0.05) is 6.07 Å². The summed E-state index contributed by atoms with van der Waals surface area (Å²) in [6.07, 6.45) is 2.91. The highest BCUT2D eigenvalue weighted by molar-refractivity contribution is 6.51. The molecule has 2 heterocycles. The maximum Gasteiger partial charge on any atom is 0.300 e. The Morgan fingerprint density at radius 1 is 1.10 bits per heavy atom. The molecule has 1 aliphatic rings. The minimum absolute atomic E-state index is 0.230. The van der Waals surface area contributed by atoms with Gasteiger partial charge in [0.1, 0.15) is 23.1 Å². The van der Waals surface area contributed by atoms with E-state index in [-0.39, 0.29) is 16.8 Å². The molecule has 0 spiro atoms. The molecule has 3 aromatic rings. The summed E-state index contributed by atoms with van der Waals surface area (Å²) < 4.78 is 33.1. The molecule has 1 atom stereocenters. The van der Waals surface area contributed by atoms with Crippen molar-refractivity contribution in [1.29, 1.82) is 0 Å². The molecule has 0 bridgehead atoms. The maximum absolute atomic E-state index is 14.6. The highest BCUT2D eigenvalue weighted by atomic mass is 19.1. The van der Waals surface area contributed by atoms with E-state index in [2.05, 4.69) is 4.98 Å². The number of amides is 1. The van der Waals surface area contributed by atoms with Crippen LogP contribution in [0.15, 0.2) is 72.6 Å². The number of Topliss-reactive ketones (excluding diaryl/α,β-unsaturated/α-hetero) is 1. The first-order chi connectivity index (χ1) is 14.9. The molecule has 8 heteroatoms. The second-order valence-corrected chi connectivity index (χ2v) is 6.78. The van der Waals surface area contributed by atoms with Crippen LogP contribution in [-0.4, -0.2) is 28.9 Å². The predicted molar refractivity (Wildman–Crippen MR) is 108 cm³/mol. The van der Waals surface area contributed by atoms with E-state index in [1.165, 1.54) is 31.6 Å². The Morgan fingerprint density at radius 3 is 2.45 bits per heavy atom. The van der Waals surface area contributed by atoms with Gasteiger partial charge in [-0.25, -0.2) is 8.78 Å². The third kappa shape index (κ3) is 3.52. The van der Waals surface area contributed by atoms with Crippen molar-refractivity contribution in [3.63, 3.8) is 0 Å². The lowest BCUT2D eigenvalue weighted by Crippen LogP contribution is -2.30. The SMILES string of the molecule is COc1ccc(/C(O)=C2\C(=O)C(=O)N(c3ccc(F)cc3F)C2c2cccnc2)cc1.